The van der Waals surface area contributed by atoms with Gasteiger partial charge in [-0.15, -0.1) is 0 Å². The largest absolute Gasteiger partial charge is 0.469 e. The maximum absolute atomic E-state index is 11.4. The van der Waals surface area contributed by atoms with Crippen LogP contribution < -0.4 is 4.74 Å². The minimum absolute atomic E-state index is 0.143. The van der Waals surface area contributed by atoms with Gasteiger partial charge in [-0.25, -0.2) is 0 Å². The van der Waals surface area contributed by atoms with E-state index in [4.69, 9.17) is 9.47 Å². The van der Waals surface area contributed by atoms with E-state index in [1.54, 1.807) is 48.5 Å². The molecule has 3 rings (SSSR count). The van der Waals surface area contributed by atoms with E-state index in [1.165, 1.54) is 7.11 Å². The van der Waals surface area contributed by atoms with Crippen LogP contribution in [0, 0.1) is 0 Å². The molecule has 1 heterocycles. The Morgan fingerprint density at radius 3 is 2.38 bits per heavy atom. The summed E-state index contributed by atoms with van der Waals surface area (Å²) in [5.41, 5.74) is 1.32. The van der Waals surface area contributed by atoms with Crippen molar-refractivity contribution in [1.29, 1.82) is 0 Å². The summed E-state index contributed by atoms with van der Waals surface area (Å²) in [6.45, 7) is -0.482. The molecule has 4 N–H and O–H groups in total. The van der Waals surface area contributed by atoms with Gasteiger partial charge in [0.15, 0.2) is 0 Å². The van der Waals surface area contributed by atoms with Crippen molar-refractivity contribution in [2.75, 3.05) is 13.7 Å². The smallest absolute Gasteiger partial charge is 0.309 e. The highest BCUT2D eigenvalue weighted by Gasteiger charge is 2.43. The molecule has 1 saturated heterocycles. The Morgan fingerprint density at radius 2 is 1.72 bits per heavy atom. The lowest BCUT2D eigenvalue weighted by Gasteiger charge is -2.40. The lowest BCUT2D eigenvalue weighted by atomic mass is 9.91. The Bertz CT molecular complexity index is 820. The van der Waals surface area contributed by atoms with Crippen molar-refractivity contribution in [3.8, 4) is 11.5 Å². The van der Waals surface area contributed by atoms with Crippen LogP contribution in [0.5, 0.6) is 11.5 Å². The van der Waals surface area contributed by atoms with Crippen molar-refractivity contribution in [3.05, 3.63) is 59.7 Å². The fourth-order valence-electron chi connectivity index (χ4n) is 3.20. The molecular weight excluding hydrogens is 380 g/mol. The average Bonchev–Trinajstić information content (AvgIpc) is 2.73. The number of hydrogen-bond acceptors (Lipinski definition) is 8. The third-order valence-corrected chi connectivity index (χ3v) is 4.81. The van der Waals surface area contributed by atoms with E-state index in [0.717, 1.165) is 5.56 Å². The van der Waals surface area contributed by atoms with Crippen molar-refractivity contribution in [3.63, 3.8) is 0 Å². The van der Waals surface area contributed by atoms with E-state index >= 15 is 0 Å². The molecule has 2 aromatic rings. The molecule has 0 unspecified atom stereocenters. The van der Waals surface area contributed by atoms with E-state index < -0.39 is 37.1 Å². The molecule has 29 heavy (non-hydrogen) atoms. The predicted octanol–water partition coefficient (Wildman–Crippen LogP) is 0.709. The normalized spacial score (nSPS) is 26.7. The van der Waals surface area contributed by atoms with E-state index in [9.17, 15) is 25.2 Å². The Balaban J connectivity index is 1.70. The van der Waals surface area contributed by atoms with Gasteiger partial charge in [0.1, 0.15) is 42.0 Å². The van der Waals surface area contributed by atoms with Crippen molar-refractivity contribution in [2.45, 2.75) is 36.9 Å². The summed E-state index contributed by atoms with van der Waals surface area (Å²) in [7, 11) is 1.33. The number of carbonyl (C=O) groups is 1. The second kappa shape index (κ2) is 9.34. The van der Waals surface area contributed by atoms with E-state index in [1.807, 2.05) is 0 Å². The number of aliphatic hydroxyl groups is 4. The molecule has 0 amide bonds. The monoisotopic (exact) mass is 404 g/mol. The van der Waals surface area contributed by atoms with Crippen molar-refractivity contribution >= 4 is 5.97 Å². The molecule has 1 aliphatic rings. The van der Waals surface area contributed by atoms with Gasteiger partial charge < -0.3 is 34.6 Å². The van der Waals surface area contributed by atoms with Gasteiger partial charge in [0.05, 0.1) is 20.1 Å². The van der Waals surface area contributed by atoms with Crippen LogP contribution in [0.3, 0.4) is 0 Å². The van der Waals surface area contributed by atoms with Gasteiger partial charge in [-0.2, -0.15) is 0 Å². The topological polar surface area (TPSA) is 126 Å². The minimum atomic E-state index is -1.43. The molecule has 1 aliphatic heterocycles. The number of ether oxygens (including phenoxy) is 3. The van der Waals surface area contributed by atoms with Gasteiger partial charge in [0.25, 0.3) is 0 Å². The predicted molar refractivity (Wildman–Crippen MR) is 101 cm³/mol. The Labute approximate surface area is 167 Å². The second-order valence-corrected chi connectivity index (χ2v) is 6.82. The van der Waals surface area contributed by atoms with Crippen LogP contribution in [0.25, 0.3) is 0 Å². The van der Waals surface area contributed by atoms with E-state index in [2.05, 4.69) is 4.74 Å². The van der Waals surface area contributed by atoms with Crippen LogP contribution in [0.15, 0.2) is 48.5 Å². The number of rotatable bonds is 6. The molecule has 0 bridgehead atoms. The molecule has 156 valence electrons. The van der Waals surface area contributed by atoms with Crippen LogP contribution >= 0.6 is 0 Å². The highest BCUT2D eigenvalue weighted by molar-refractivity contribution is 5.72. The van der Waals surface area contributed by atoms with Crippen LogP contribution in [0.1, 0.15) is 17.2 Å². The zero-order valence-corrected chi connectivity index (χ0v) is 15.8. The summed E-state index contributed by atoms with van der Waals surface area (Å²) in [4.78, 5) is 11.4. The number of methoxy groups -OCH3 is 1. The molecule has 0 aromatic heterocycles. The number of benzene rings is 2. The first kappa shape index (κ1) is 21.2. The van der Waals surface area contributed by atoms with Gasteiger partial charge in [0.2, 0.25) is 0 Å². The summed E-state index contributed by atoms with van der Waals surface area (Å²) in [5.74, 6) is 0.728. The van der Waals surface area contributed by atoms with Gasteiger partial charge in [-0.05, 0) is 35.4 Å². The van der Waals surface area contributed by atoms with Gasteiger partial charge in [-0.3, -0.25) is 4.79 Å². The summed E-state index contributed by atoms with van der Waals surface area (Å²) in [5, 5.41) is 39.3. The highest BCUT2D eigenvalue weighted by Crippen LogP contribution is 2.33. The van der Waals surface area contributed by atoms with Gasteiger partial charge in [-0.1, -0.05) is 24.3 Å². The zero-order valence-electron chi connectivity index (χ0n) is 15.8. The number of hydrogen-bond donors (Lipinski definition) is 4. The maximum atomic E-state index is 11.4. The van der Waals surface area contributed by atoms with Gasteiger partial charge >= 0.3 is 5.97 Å². The van der Waals surface area contributed by atoms with E-state index in [0.29, 0.717) is 17.1 Å². The van der Waals surface area contributed by atoms with Crippen molar-refractivity contribution < 1.29 is 39.4 Å². The molecule has 2 aromatic carbocycles. The third-order valence-electron chi connectivity index (χ3n) is 4.81. The summed E-state index contributed by atoms with van der Waals surface area (Å²) in [6.07, 6.45) is -5.89. The summed E-state index contributed by atoms with van der Waals surface area (Å²) in [6, 6.07) is 13.7. The Hall–Kier alpha value is -2.49. The van der Waals surface area contributed by atoms with Crippen molar-refractivity contribution in [2.24, 2.45) is 0 Å². The molecule has 1 fully saturated rings. The first-order valence-electron chi connectivity index (χ1n) is 9.17. The SMILES string of the molecule is COC(=O)Cc1cccc(Oc2ccc([C@H]3O[C@H](CO)[C@@H](O)[C@H](O)[C@H]3O)cc2)c1. The third kappa shape index (κ3) is 4.92. The molecule has 0 saturated carbocycles. The van der Waals surface area contributed by atoms with Crippen LogP contribution in [0.2, 0.25) is 0 Å². The van der Waals surface area contributed by atoms with E-state index in [-0.39, 0.29) is 12.4 Å². The first-order valence-corrected chi connectivity index (χ1v) is 9.17. The van der Waals surface area contributed by atoms with Gasteiger partial charge in [0, 0.05) is 0 Å². The zero-order chi connectivity index (χ0) is 21.0. The number of aliphatic hydroxyl groups excluding tert-OH is 4. The lowest BCUT2D eigenvalue weighted by Crippen LogP contribution is -2.55. The Morgan fingerprint density at radius 1 is 1.00 bits per heavy atom. The Kier molecular flexibility index (Phi) is 6.83. The molecule has 8 heteroatoms. The quantitative estimate of drug-likeness (QED) is 0.519. The highest BCUT2D eigenvalue weighted by atomic mass is 16.5. The molecule has 0 spiro atoms. The molecule has 0 radical (unpaired) electrons. The molecule has 0 aliphatic carbocycles. The fraction of sp³-hybridized carbons (Fsp3) is 0.381. The summed E-state index contributed by atoms with van der Waals surface area (Å²) < 4.78 is 16.0. The van der Waals surface area contributed by atoms with Crippen molar-refractivity contribution in [1.82, 2.24) is 0 Å². The standard InChI is InChI=1S/C21H24O8/c1-27-17(23)10-12-3-2-4-15(9-12)28-14-7-5-13(6-8-14)21-20(26)19(25)18(24)16(11-22)29-21/h2-9,16,18-22,24-26H,10-11H2,1H3/t16-,18-,19+,20-,21-/m1/s1. The molecule has 8 nitrogen and oxygen atoms in total. The number of esters is 1. The lowest BCUT2D eigenvalue weighted by molar-refractivity contribution is -0.231. The van der Waals surface area contributed by atoms with Crippen LogP contribution in [0.4, 0.5) is 0 Å². The van der Waals surface area contributed by atoms with Crippen LogP contribution in [-0.4, -0.2) is 64.5 Å². The fourth-order valence-corrected chi connectivity index (χ4v) is 3.20. The number of carbonyl (C=O) groups excluding carboxylic acids is 1. The molecule has 5 atom stereocenters. The summed E-state index contributed by atoms with van der Waals surface area (Å²) >= 11 is 0. The minimum Gasteiger partial charge on any atom is -0.469 e. The second-order valence-electron chi connectivity index (χ2n) is 6.82. The first-order chi connectivity index (χ1) is 13.9. The maximum Gasteiger partial charge on any atom is 0.309 e. The molecular formula is C21H24O8. The van der Waals surface area contributed by atoms with Crippen LogP contribution in [-0.2, 0) is 20.7 Å². The average molecular weight is 404 g/mol.